The van der Waals surface area contributed by atoms with Crippen molar-refractivity contribution in [1.29, 1.82) is 0 Å². The minimum atomic E-state index is -2.94. The molecule has 0 bridgehead atoms. The largest absolute Gasteiger partial charge is 0.513 e. The van der Waals surface area contributed by atoms with E-state index in [2.05, 4.69) is 74.5 Å². The summed E-state index contributed by atoms with van der Waals surface area (Å²) in [6.45, 7) is 18.5. The molecule has 3 nitrogen and oxygen atoms in total. The monoisotopic (exact) mass is 312 g/mol. The third-order valence-electron chi connectivity index (χ3n) is 2.50. The fourth-order valence-electron chi connectivity index (χ4n) is 2.21. The van der Waals surface area contributed by atoms with Crippen molar-refractivity contribution < 1.29 is 13.3 Å². The Morgan fingerprint density at radius 1 is 0.619 bits per heavy atom. The van der Waals surface area contributed by atoms with Crippen LogP contribution in [0.5, 0.6) is 0 Å². The Kier molecular flexibility index (Phi) is 5.31. The minimum Gasteiger partial charge on any atom is -0.368 e. The lowest BCUT2D eigenvalue weighted by Gasteiger charge is -2.44. The van der Waals surface area contributed by atoms with Crippen molar-refractivity contribution in [2.45, 2.75) is 84.7 Å². The van der Waals surface area contributed by atoms with Crippen molar-refractivity contribution in [2.24, 2.45) is 0 Å². The zero-order valence-corrected chi connectivity index (χ0v) is 16.1. The smallest absolute Gasteiger partial charge is 0.368 e. The van der Waals surface area contributed by atoms with Crippen LogP contribution in [0.1, 0.15) is 62.3 Å². The van der Waals surface area contributed by atoms with E-state index in [0.717, 1.165) is 0 Å². The maximum Gasteiger partial charge on any atom is 0.513 e. The van der Waals surface area contributed by atoms with Gasteiger partial charge in [0.05, 0.1) is 22.3 Å². The molecule has 0 fully saturated rings. The molecule has 122 valence electrons. The number of hydrogen-bond donors (Lipinski definition) is 0. The first-order chi connectivity index (χ1) is 9.23. The van der Waals surface area contributed by atoms with E-state index in [4.69, 9.17) is 13.3 Å². The van der Waals surface area contributed by atoms with Gasteiger partial charge in [-0.25, -0.2) is 0 Å². The third kappa shape index (κ3) is 6.47. The number of allylic oxidation sites excluding steroid dienone is 4. The second-order valence-corrected chi connectivity index (χ2v) is 11.0. The van der Waals surface area contributed by atoms with E-state index in [-0.39, 0.29) is 22.3 Å². The number of hydrogen-bond acceptors (Lipinski definition) is 3. The Bertz CT molecular complexity index is 352. The zero-order valence-electron chi connectivity index (χ0n) is 15.1. The van der Waals surface area contributed by atoms with Crippen LogP contribution >= 0.6 is 0 Å². The summed E-state index contributed by atoms with van der Waals surface area (Å²) in [5.74, 6) is 0. The molecule has 0 N–H and O–H groups in total. The Balaban J connectivity index is 3.25. The summed E-state index contributed by atoms with van der Waals surface area (Å²) in [5, 5.41) is 0. The maximum absolute atomic E-state index is 6.45. The van der Waals surface area contributed by atoms with Crippen molar-refractivity contribution in [1.82, 2.24) is 0 Å². The van der Waals surface area contributed by atoms with Crippen LogP contribution in [0, 0.1) is 0 Å². The lowest BCUT2D eigenvalue weighted by Crippen LogP contribution is -2.59. The molecule has 0 radical (unpaired) electrons. The molecule has 0 heterocycles. The second kappa shape index (κ2) is 5.99. The van der Waals surface area contributed by atoms with Crippen LogP contribution in [0.4, 0.5) is 0 Å². The number of rotatable bonds is 4. The molecular weight excluding hydrogens is 280 g/mol. The lowest BCUT2D eigenvalue weighted by atomic mass is 10.2. The average molecular weight is 313 g/mol. The van der Waals surface area contributed by atoms with E-state index in [0.29, 0.717) is 0 Å². The van der Waals surface area contributed by atoms with Crippen LogP contribution in [0.15, 0.2) is 24.3 Å². The fraction of sp³-hybridized carbons (Fsp3) is 0.765. The van der Waals surface area contributed by atoms with E-state index in [1.165, 1.54) is 0 Å². The molecule has 0 spiro atoms. The highest BCUT2D eigenvalue weighted by molar-refractivity contribution is 6.64. The molecule has 0 aromatic rings. The van der Waals surface area contributed by atoms with Crippen LogP contribution in [-0.4, -0.2) is 25.6 Å². The summed E-state index contributed by atoms with van der Waals surface area (Å²) >= 11 is 0. The van der Waals surface area contributed by atoms with Gasteiger partial charge in [0, 0.05) is 0 Å². The van der Waals surface area contributed by atoms with Crippen LogP contribution in [0.25, 0.3) is 0 Å². The molecule has 0 aliphatic heterocycles. The first-order valence-electron chi connectivity index (χ1n) is 7.68. The molecule has 1 aliphatic carbocycles. The predicted molar refractivity (Wildman–Crippen MR) is 90.3 cm³/mol. The fourth-order valence-corrected chi connectivity index (χ4v) is 6.00. The van der Waals surface area contributed by atoms with Crippen molar-refractivity contribution >= 4 is 8.80 Å². The topological polar surface area (TPSA) is 27.7 Å². The lowest BCUT2D eigenvalue weighted by molar-refractivity contribution is -0.0767. The molecule has 0 saturated carbocycles. The normalized spacial score (nSPS) is 17.8. The summed E-state index contributed by atoms with van der Waals surface area (Å²) in [7, 11) is -2.94. The molecule has 0 saturated heterocycles. The summed E-state index contributed by atoms with van der Waals surface area (Å²) < 4.78 is 19.4. The van der Waals surface area contributed by atoms with E-state index < -0.39 is 8.80 Å². The summed E-state index contributed by atoms with van der Waals surface area (Å²) in [5.41, 5.74) is -0.914. The van der Waals surface area contributed by atoms with E-state index >= 15 is 0 Å². The summed E-state index contributed by atoms with van der Waals surface area (Å²) in [4.78, 5) is 0. The SMILES string of the molecule is CC(C)(C)O[Si](OC(C)(C)C)(OC(C)(C)C)C1C=CC=C1. The van der Waals surface area contributed by atoms with Gasteiger partial charge < -0.3 is 13.3 Å². The molecule has 0 aromatic heterocycles. The molecule has 4 heteroatoms. The van der Waals surface area contributed by atoms with Crippen molar-refractivity contribution in [2.75, 3.05) is 0 Å². The van der Waals surface area contributed by atoms with Gasteiger partial charge in [-0.05, 0) is 62.3 Å². The first-order valence-corrected chi connectivity index (χ1v) is 9.48. The van der Waals surface area contributed by atoms with E-state index in [1.54, 1.807) is 0 Å². The minimum absolute atomic E-state index is 0.0650. The molecule has 0 amide bonds. The quantitative estimate of drug-likeness (QED) is 0.693. The molecule has 0 unspecified atom stereocenters. The van der Waals surface area contributed by atoms with Gasteiger partial charge in [0.2, 0.25) is 0 Å². The third-order valence-corrected chi connectivity index (χ3v) is 6.39. The van der Waals surface area contributed by atoms with Gasteiger partial charge in [0.15, 0.2) is 0 Å². The Labute approximate surface area is 131 Å². The van der Waals surface area contributed by atoms with Crippen molar-refractivity contribution in [3.05, 3.63) is 24.3 Å². The second-order valence-electron chi connectivity index (χ2n) is 8.54. The average Bonchev–Trinajstić information content (AvgIpc) is 2.59. The molecule has 1 aliphatic rings. The van der Waals surface area contributed by atoms with Gasteiger partial charge in [0.25, 0.3) is 0 Å². The van der Waals surface area contributed by atoms with Gasteiger partial charge in [-0.1, -0.05) is 24.3 Å². The highest BCUT2D eigenvalue weighted by Crippen LogP contribution is 2.39. The highest BCUT2D eigenvalue weighted by atomic mass is 28.4. The van der Waals surface area contributed by atoms with Crippen LogP contribution in [0.2, 0.25) is 5.54 Å². The highest BCUT2D eigenvalue weighted by Gasteiger charge is 2.55. The summed E-state index contributed by atoms with van der Waals surface area (Å²) in [6.07, 6.45) is 8.32. The Morgan fingerprint density at radius 3 is 1.14 bits per heavy atom. The van der Waals surface area contributed by atoms with Crippen molar-refractivity contribution in [3.63, 3.8) is 0 Å². The summed E-state index contributed by atoms with van der Waals surface area (Å²) in [6, 6.07) is 0. The van der Waals surface area contributed by atoms with Gasteiger partial charge in [-0.3, -0.25) is 0 Å². The van der Waals surface area contributed by atoms with Crippen LogP contribution in [0.3, 0.4) is 0 Å². The van der Waals surface area contributed by atoms with Gasteiger partial charge in [-0.15, -0.1) is 0 Å². The Morgan fingerprint density at radius 2 is 0.905 bits per heavy atom. The molecular formula is C17H32O3Si. The zero-order chi connectivity index (χ0) is 16.5. The van der Waals surface area contributed by atoms with Crippen molar-refractivity contribution in [3.8, 4) is 0 Å². The maximum atomic E-state index is 6.45. The van der Waals surface area contributed by atoms with E-state index in [1.807, 2.05) is 12.2 Å². The van der Waals surface area contributed by atoms with Gasteiger partial charge in [-0.2, -0.15) is 0 Å². The standard InChI is InChI=1S/C17H32O3Si/c1-15(2,3)18-21(19-16(4,5)6,20-17(7,8)9)14-12-10-11-13-14/h10-14H,1-9H3. The van der Waals surface area contributed by atoms with Gasteiger partial charge in [0.1, 0.15) is 0 Å². The van der Waals surface area contributed by atoms with E-state index in [9.17, 15) is 0 Å². The molecule has 1 rings (SSSR count). The molecule has 0 atom stereocenters. The van der Waals surface area contributed by atoms with Crippen LogP contribution in [-0.2, 0) is 13.3 Å². The van der Waals surface area contributed by atoms with Crippen LogP contribution < -0.4 is 0 Å². The first kappa shape index (κ1) is 18.6. The molecule has 21 heavy (non-hydrogen) atoms. The Hall–Kier alpha value is -0.423. The van der Waals surface area contributed by atoms with Gasteiger partial charge >= 0.3 is 8.80 Å². The molecule has 0 aromatic carbocycles. The predicted octanol–water partition coefficient (Wildman–Crippen LogP) is 4.87.